The van der Waals surface area contributed by atoms with Crippen LogP contribution in [0.2, 0.25) is 0 Å². The Morgan fingerprint density at radius 2 is 1.80 bits per heavy atom. The summed E-state index contributed by atoms with van der Waals surface area (Å²) in [7, 11) is 3.27. The molecule has 3 aromatic rings. The van der Waals surface area contributed by atoms with Crippen LogP contribution in [0.4, 0.5) is 8.78 Å². The summed E-state index contributed by atoms with van der Waals surface area (Å²) in [5.41, 5.74) is 3.20. The standard InChI is InChI=1S/C24H28F2N2O2/c1-29-20-7-4-17(5-8-20)3-6-19-16-28(12-11-24(19,25)26)15-18-14-27-23-13-21(30-2)9-10-22(18)23/h4-5,7-10,13-14,19,27H,3,6,11-12,15-16H2,1-2H3. The van der Waals surface area contributed by atoms with Gasteiger partial charge >= 0.3 is 0 Å². The van der Waals surface area contributed by atoms with Gasteiger partial charge in [-0.05, 0) is 48.2 Å². The summed E-state index contributed by atoms with van der Waals surface area (Å²) < 4.78 is 39.7. The minimum atomic E-state index is -2.61. The Kier molecular flexibility index (Phi) is 5.95. The number of halogens is 2. The number of aromatic amines is 1. The molecule has 2 aromatic carbocycles. The highest BCUT2D eigenvalue weighted by Crippen LogP contribution is 2.37. The second kappa shape index (κ2) is 8.64. The number of alkyl halides is 2. The quantitative estimate of drug-likeness (QED) is 0.572. The molecular weight excluding hydrogens is 386 g/mol. The van der Waals surface area contributed by atoms with Crippen LogP contribution in [0, 0.1) is 5.92 Å². The Hall–Kier alpha value is -2.60. The number of aryl methyl sites for hydroxylation is 1. The molecule has 1 atom stereocenters. The van der Waals surface area contributed by atoms with Crippen molar-refractivity contribution in [1.29, 1.82) is 0 Å². The molecular formula is C24H28F2N2O2. The van der Waals surface area contributed by atoms with Crippen LogP contribution in [0.15, 0.2) is 48.7 Å². The number of methoxy groups -OCH3 is 2. The van der Waals surface area contributed by atoms with Gasteiger partial charge < -0.3 is 14.5 Å². The molecule has 1 aromatic heterocycles. The molecule has 0 saturated carbocycles. The number of piperidine rings is 1. The predicted molar refractivity (Wildman–Crippen MR) is 114 cm³/mol. The second-order valence-corrected chi connectivity index (χ2v) is 8.06. The predicted octanol–water partition coefficient (Wildman–Crippen LogP) is 5.28. The van der Waals surface area contributed by atoms with Gasteiger partial charge in [0.1, 0.15) is 11.5 Å². The Bertz CT molecular complexity index is 985. The van der Waals surface area contributed by atoms with E-state index in [0.29, 0.717) is 32.5 Å². The van der Waals surface area contributed by atoms with Crippen molar-refractivity contribution in [3.63, 3.8) is 0 Å². The average Bonchev–Trinajstić information content (AvgIpc) is 3.16. The zero-order valence-corrected chi connectivity index (χ0v) is 17.5. The summed E-state index contributed by atoms with van der Waals surface area (Å²) in [6.45, 7) is 1.49. The van der Waals surface area contributed by atoms with Gasteiger partial charge in [0.05, 0.1) is 14.2 Å². The number of fused-ring (bicyclic) bond motifs is 1. The van der Waals surface area contributed by atoms with Crippen LogP contribution < -0.4 is 9.47 Å². The number of hydrogen-bond donors (Lipinski definition) is 1. The molecule has 160 valence electrons. The SMILES string of the molecule is COc1ccc(CCC2CN(Cc3c[nH]c4cc(OC)ccc34)CCC2(F)F)cc1. The fraction of sp³-hybridized carbons (Fsp3) is 0.417. The molecule has 1 saturated heterocycles. The van der Waals surface area contributed by atoms with Crippen molar-refractivity contribution in [2.45, 2.75) is 31.7 Å². The summed E-state index contributed by atoms with van der Waals surface area (Å²) in [5.74, 6) is -1.67. The summed E-state index contributed by atoms with van der Waals surface area (Å²) in [4.78, 5) is 5.43. The number of nitrogens with zero attached hydrogens (tertiary/aromatic N) is 1. The van der Waals surface area contributed by atoms with E-state index < -0.39 is 11.8 Å². The average molecular weight is 414 g/mol. The molecule has 0 aliphatic carbocycles. The molecule has 1 aliphatic rings. The Morgan fingerprint density at radius 1 is 1.07 bits per heavy atom. The Balaban J connectivity index is 1.42. The molecule has 1 N–H and O–H groups in total. The highest BCUT2D eigenvalue weighted by atomic mass is 19.3. The molecule has 4 rings (SSSR count). The summed E-state index contributed by atoms with van der Waals surface area (Å²) in [6.07, 6.45) is 3.01. The molecule has 0 radical (unpaired) electrons. The molecule has 0 bridgehead atoms. The van der Waals surface area contributed by atoms with Crippen molar-refractivity contribution in [1.82, 2.24) is 9.88 Å². The third-order valence-electron chi connectivity index (χ3n) is 6.15. The van der Waals surface area contributed by atoms with E-state index in [1.54, 1.807) is 14.2 Å². The van der Waals surface area contributed by atoms with Crippen molar-refractivity contribution in [2.75, 3.05) is 27.3 Å². The van der Waals surface area contributed by atoms with Gasteiger partial charge in [-0.3, -0.25) is 4.90 Å². The maximum atomic E-state index is 14.6. The third-order valence-corrected chi connectivity index (χ3v) is 6.15. The number of rotatable bonds is 7. The number of benzene rings is 2. The van der Waals surface area contributed by atoms with Gasteiger partial charge in [0.2, 0.25) is 0 Å². The topological polar surface area (TPSA) is 37.5 Å². The van der Waals surface area contributed by atoms with E-state index in [9.17, 15) is 8.78 Å². The molecule has 0 spiro atoms. The van der Waals surface area contributed by atoms with Crippen molar-refractivity contribution in [3.05, 3.63) is 59.8 Å². The van der Waals surface area contributed by atoms with Gasteiger partial charge in [-0.25, -0.2) is 8.78 Å². The van der Waals surface area contributed by atoms with Crippen molar-refractivity contribution < 1.29 is 18.3 Å². The number of ether oxygens (including phenoxy) is 2. The maximum absolute atomic E-state index is 14.6. The summed E-state index contributed by atoms with van der Waals surface area (Å²) in [5, 5.41) is 1.11. The lowest BCUT2D eigenvalue weighted by molar-refractivity contribution is -0.109. The van der Waals surface area contributed by atoms with E-state index in [0.717, 1.165) is 33.5 Å². The molecule has 1 aliphatic heterocycles. The van der Waals surface area contributed by atoms with E-state index >= 15 is 0 Å². The molecule has 1 fully saturated rings. The number of hydrogen-bond acceptors (Lipinski definition) is 3. The van der Waals surface area contributed by atoms with Crippen LogP contribution in [0.1, 0.15) is 24.0 Å². The first-order valence-corrected chi connectivity index (χ1v) is 10.4. The largest absolute Gasteiger partial charge is 0.497 e. The maximum Gasteiger partial charge on any atom is 0.253 e. The lowest BCUT2D eigenvalue weighted by Gasteiger charge is -2.38. The van der Waals surface area contributed by atoms with Gasteiger partial charge in [-0.1, -0.05) is 12.1 Å². The van der Waals surface area contributed by atoms with E-state index in [2.05, 4.69) is 9.88 Å². The molecule has 1 unspecified atom stereocenters. The van der Waals surface area contributed by atoms with Crippen molar-refractivity contribution >= 4 is 10.9 Å². The first kappa shape index (κ1) is 20.7. The zero-order valence-electron chi connectivity index (χ0n) is 17.5. The first-order chi connectivity index (χ1) is 14.5. The van der Waals surface area contributed by atoms with Crippen molar-refractivity contribution in [2.24, 2.45) is 5.92 Å². The summed E-state index contributed by atoms with van der Waals surface area (Å²) >= 11 is 0. The second-order valence-electron chi connectivity index (χ2n) is 8.06. The van der Waals surface area contributed by atoms with Crippen LogP contribution in [-0.4, -0.2) is 43.1 Å². The Morgan fingerprint density at radius 3 is 2.53 bits per heavy atom. The lowest BCUT2D eigenvalue weighted by Crippen LogP contribution is -2.46. The smallest absolute Gasteiger partial charge is 0.253 e. The van der Waals surface area contributed by atoms with Gasteiger partial charge in [0.25, 0.3) is 5.92 Å². The fourth-order valence-corrected chi connectivity index (χ4v) is 4.29. The highest BCUT2D eigenvalue weighted by molar-refractivity contribution is 5.84. The van der Waals surface area contributed by atoms with Crippen LogP contribution in [0.5, 0.6) is 11.5 Å². The summed E-state index contributed by atoms with van der Waals surface area (Å²) in [6, 6.07) is 13.6. The number of likely N-dealkylation sites (tertiary alicyclic amines) is 1. The van der Waals surface area contributed by atoms with Crippen LogP contribution >= 0.6 is 0 Å². The molecule has 4 nitrogen and oxygen atoms in total. The molecule has 0 amide bonds. The molecule has 6 heteroatoms. The Labute approximate surface area is 175 Å². The molecule has 2 heterocycles. The molecule has 30 heavy (non-hydrogen) atoms. The fourth-order valence-electron chi connectivity index (χ4n) is 4.29. The first-order valence-electron chi connectivity index (χ1n) is 10.4. The third kappa shape index (κ3) is 4.43. The number of aromatic nitrogens is 1. The normalized spacial score (nSPS) is 19.1. The van der Waals surface area contributed by atoms with Gasteiger partial charge in [0.15, 0.2) is 0 Å². The zero-order chi connectivity index (χ0) is 21.1. The van der Waals surface area contributed by atoms with Crippen LogP contribution in [-0.2, 0) is 13.0 Å². The highest BCUT2D eigenvalue weighted by Gasteiger charge is 2.43. The minimum absolute atomic E-state index is 0.0868. The van der Waals surface area contributed by atoms with Gasteiger partial charge in [-0.15, -0.1) is 0 Å². The van der Waals surface area contributed by atoms with Crippen LogP contribution in [0.25, 0.3) is 10.9 Å². The van der Waals surface area contributed by atoms with E-state index in [1.807, 2.05) is 48.7 Å². The van der Waals surface area contributed by atoms with Crippen molar-refractivity contribution in [3.8, 4) is 11.5 Å². The number of H-pyrrole nitrogens is 1. The van der Waals surface area contributed by atoms with E-state index in [-0.39, 0.29) is 6.42 Å². The van der Waals surface area contributed by atoms with E-state index in [4.69, 9.17) is 9.47 Å². The van der Waals surface area contributed by atoms with Gasteiger partial charge in [0, 0.05) is 55.1 Å². The number of nitrogens with one attached hydrogen (secondary N) is 1. The van der Waals surface area contributed by atoms with E-state index in [1.165, 1.54) is 0 Å². The van der Waals surface area contributed by atoms with Gasteiger partial charge in [-0.2, -0.15) is 0 Å². The lowest BCUT2D eigenvalue weighted by atomic mass is 9.88. The minimum Gasteiger partial charge on any atom is -0.497 e. The monoisotopic (exact) mass is 414 g/mol. The van der Waals surface area contributed by atoms with Crippen LogP contribution in [0.3, 0.4) is 0 Å².